The van der Waals surface area contributed by atoms with E-state index in [-0.39, 0.29) is 11.9 Å². The number of likely N-dealkylation sites (tertiary alicyclic amines) is 1. The van der Waals surface area contributed by atoms with E-state index in [1.807, 2.05) is 29.2 Å². The predicted molar refractivity (Wildman–Crippen MR) is 81.3 cm³/mol. The topological polar surface area (TPSA) is 33.2 Å². The van der Waals surface area contributed by atoms with Crippen molar-refractivity contribution in [3.8, 4) is 0 Å². The molecule has 1 amide bonds. The smallest absolute Gasteiger partial charge is 0.255 e. The number of pyridine rings is 1. The Morgan fingerprint density at radius 2 is 2.19 bits per heavy atom. The number of halogens is 2. The summed E-state index contributed by atoms with van der Waals surface area (Å²) in [5.41, 5.74) is 1.54. The fourth-order valence-electron chi connectivity index (χ4n) is 2.74. The van der Waals surface area contributed by atoms with Crippen LogP contribution in [0.2, 0.25) is 0 Å². The van der Waals surface area contributed by atoms with Gasteiger partial charge in [-0.3, -0.25) is 4.79 Å². The quantitative estimate of drug-likeness (QED) is 0.769. The Kier molecular flexibility index (Phi) is 4.01. The second kappa shape index (κ2) is 5.93. The van der Waals surface area contributed by atoms with E-state index in [1.165, 1.54) is 18.3 Å². The average Bonchev–Trinajstić information content (AvgIpc) is 2.97. The summed E-state index contributed by atoms with van der Waals surface area (Å²) in [6.45, 7) is 0.716. The molecule has 1 aromatic heterocycles. The van der Waals surface area contributed by atoms with Crippen molar-refractivity contribution in [3.63, 3.8) is 0 Å². The molecule has 0 spiro atoms. The fraction of sp³-hybridized carbons (Fsp3) is 0.250. The van der Waals surface area contributed by atoms with Gasteiger partial charge in [-0.25, -0.2) is 4.98 Å². The minimum atomic E-state index is -0.573. The largest absolute Gasteiger partial charge is 0.332 e. The highest BCUT2D eigenvalue weighted by atomic mass is 79.9. The van der Waals surface area contributed by atoms with Crippen molar-refractivity contribution in [2.24, 2.45) is 0 Å². The molecule has 1 fully saturated rings. The van der Waals surface area contributed by atoms with Crippen LogP contribution in [0.3, 0.4) is 0 Å². The molecule has 2 heterocycles. The normalized spacial score (nSPS) is 18.0. The molecular weight excluding hydrogens is 335 g/mol. The fourth-order valence-corrected chi connectivity index (χ4v) is 3.16. The zero-order valence-corrected chi connectivity index (χ0v) is 12.9. The van der Waals surface area contributed by atoms with Crippen LogP contribution >= 0.6 is 15.9 Å². The van der Waals surface area contributed by atoms with E-state index in [0.29, 0.717) is 12.1 Å². The molecule has 0 N–H and O–H groups in total. The van der Waals surface area contributed by atoms with Crippen LogP contribution in [0, 0.1) is 5.95 Å². The number of aromatic nitrogens is 1. The molecule has 3 nitrogen and oxygen atoms in total. The molecule has 1 unspecified atom stereocenters. The summed E-state index contributed by atoms with van der Waals surface area (Å²) in [5, 5.41) is 0. The summed E-state index contributed by atoms with van der Waals surface area (Å²) in [6, 6.07) is 10.8. The standard InChI is InChI=1S/C16H14BrFN2O/c17-13-4-1-3-11(9-13)14-5-2-8-20(14)16(21)12-6-7-15(18)19-10-12/h1,3-4,6-7,9-10,14H,2,5,8H2. The lowest BCUT2D eigenvalue weighted by Crippen LogP contribution is -2.30. The van der Waals surface area contributed by atoms with Crippen molar-refractivity contribution in [1.82, 2.24) is 9.88 Å². The molecular formula is C16H14BrFN2O. The van der Waals surface area contributed by atoms with E-state index in [4.69, 9.17) is 0 Å². The molecule has 1 aliphatic rings. The number of carbonyl (C=O) groups is 1. The Bertz CT molecular complexity index is 660. The molecule has 1 aromatic carbocycles. The summed E-state index contributed by atoms with van der Waals surface area (Å²) in [4.78, 5) is 18.0. The number of hydrogen-bond donors (Lipinski definition) is 0. The van der Waals surface area contributed by atoms with Crippen molar-refractivity contribution in [2.45, 2.75) is 18.9 Å². The van der Waals surface area contributed by atoms with Gasteiger partial charge in [-0.05, 0) is 42.7 Å². The highest BCUT2D eigenvalue weighted by Gasteiger charge is 2.30. The van der Waals surface area contributed by atoms with Gasteiger partial charge >= 0.3 is 0 Å². The third-order valence-electron chi connectivity index (χ3n) is 3.72. The summed E-state index contributed by atoms with van der Waals surface area (Å²) in [6.07, 6.45) is 3.21. The van der Waals surface area contributed by atoms with Crippen LogP contribution in [0.5, 0.6) is 0 Å². The molecule has 0 bridgehead atoms. The number of hydrogen-bond acceptors (Lipinski definition) is 2. The first kappa shape index (κ1) is 14.2. The van der Waals surface area contributed by atoms with Gasteiger partial charge in [0.1, 0.15) is 0 Å². The maximum atomic E-state index is 12.9. The molecule has 1 aliphatic heterocycles. The minimum Gasteiger partial charge on any atom is -0.332 e. The van der Waals surface area contributed by atoms with E-state index >= 15 is 0 Å². The second-order valence-corrected chi connectivity index (χ2v) is 6.00. The van der Waals surface area contributed by atoms with Crippen LogP contribution in [0.25, 0.3) is 0 Å². The zero-order valence-electron chi connectivity index (χ0n) is 11.3. The molecule has 21 heavy (non-hydrogen) atoms. The first-order chi connectivity index (χ1) is 10.1. The van der Waals surface area contributed by atoms with Crippen LogP contribution < -0.4 is 0 Å². The molecule has 1 atom stereocenters. The number of amides is 1. The lowest BCUT2D eigenvalue weighted by molar-refractivity contribution is 0.0735. The van der Waals surface area contributed by atoms with Gasteiger partial charge in [0.15, 0.2) is 0 Å². The van der Waals surface area contributed by atoms with E-state index in [0.717, 1.165) is 22.9 Å². The van der Waals surface area contributed by atoms with Crippen molar-refractivity contribution in [3.05, 3.63) is 64.1 Å². The summed E-state index contributed by atoms with van der Waals surface area (Å²) in [5.74, 6) is -0.665. The Morgan fingerprint density at radius 1 is 1.33 bits per heavy atom. The van der Waals surface area contributed by atoms with Crippen molar-refractivity contribution in [1.29, 1.82) is 0 Å². The molecule has 3 rings (SSSR count). The van der Waals surface area contributed by atoms with Crippen LogP contribution in [-0.4, -0.2) is 22.3 Å². The van der Waals surface area contributed by atoms with Gasteiger partial charge in [-0.1, -0.05) is 28.1 Å². The lowest BCUT2D eigenvalue weighted by Gasteiger charge is -2.25. The number of nitrogens with zero attached hydrogens (tertiary/aromatic N) is 2. The maximum absolute atomic E-state index is 12.9. The van der Waals surface area contributed by atoms with Crippen LogP contribution in [0.4, 0.5) is 4.39 Å². The average molecular weight is 349 g/mol. The predicted octanol–water partition coefficient (Wildman–Crippen LogP) is 3.96. The van der Waals surface area contributed by atoms with Crippen molar-refractivity contribution < 1.29 is 9.18 Å². The van der Waals surface area contributed by atoms with E-state index in [9.17, 15) is 9.18 Å². The van der Waals surface area contributed by atoms with Gasteiger partial charge in [0.05, 0.1) is 11.6 Å². The van der Waals surface area contributed by atoms with Gasteiger partial charge in [0.2, 0.25) is 5.95 Å². The van der Waals surface area contributed by atoms with E-state index in [2.05, 4.69) is 20.9 Å². The molecule has 0 radical (unpaired) electrons. The lowest BCUT2D eigenvalue weighted by atomic mass is 10.0. The highest BCUT2D eigenvalue weighted by Crippen LogP contribution is 2.34. The highest BCUT2D eigenvalue weighted by molar-refractivity contribution is 9.10. The third kappa shape index (κ3) is 2.97. The Balaban J connectivity index is 1.87. The monoisotopic (exact) mass is 348 g/mol. The Hall–Kier alpha value is -1.75. The van der Waals surface area contributed by atoms with Gasteiger partial charge in [0.25, 0.3) is 5.91 Å². The molecule has 108 valence electrons. The SMILES string of the molecule is O=C(c1ccc(F)nc1)N1CCCC1c1cccc(Br)c1. The summed E-state index contributed by atoms with van der Waals surface area (Å²) < 4.78 is 13.9. The van der Waals surface area contributed by atoms with Gasteiger partial charge < -0.3 is 4.90 Å². The zero-order chi connectivity index (χ0) is 14.8. The number of rotatable bonds is 2. The maximum Gasteiger partial charge on any atom is 0.255 e. The van der Waals surface area contributed by atoms with Gasteiger partial charge in [-0.15, -0.1) is 0 Å². The molecule has 0 aliphatic carbocycles. The Morgan fingerprint density at radius 3 is 2.90 bits per heavy atom. The van der Waals surface area contributed by atoms with E-state index < -0.39 is 5.95 Å². The van der Waals surface area contributed by atoms with E-state index in [1.54, 1.807) is 0 Å². The molecule has 1 saturated heterocycles. The molecule has 5 heteroatoms. The minimum absolute atomic E-state index is 0.0695. The van der Waals surface area contributed by atoms with Gasteiger partial charge in [-0.2, -0.15) is 4.39 Å². The number of benzene rings is 1. The first-order valence-electron chi connectivity index (χ1n) is 6.83. The Labute approximate surface area is 130 Å². The number of carbonyl (C=O) groups excluding carboxylic acids is 1. The second-order valence-electron chi connectivity index (χ2n) is 5.08. The van der Waals surface area contributed by atoms with Gasteiger partial charge in [0, 0.05) is 17.2 Å². The summed E-state index contributed by atoms with van der Waals surface area (Å²) >= 11 is 3.46. The molecule has 0 saturated carbocycles. The first-order valence-corrected chi connectivity index (χ1v) is 7.62. The van der Waals surface area contributed by atoms with Crippen molar-refractivity contribution >= 4 is 21.8 Å². The van der Waals surface area contributed by atoms with Crippen LogP contribution in [0.15, 0.2) is 47.1 Å². The van der Waals surface area contributed by atoms with Crippen LogP contribution in [-0.2, 0) is 0 Å². The molecule has 2 aromatic rings. The summed E-state index contributed by atoms with van der Waals surface area (Å²) in [7, 11) is 0. The van der Waals surface area contributed by atoms with Crippen molar-refractivity contribution in [2.75, 3.05) is 6.54 Å². The van der Waals surface area contributed by atoms with Crippen LogP contribution in [0.1, 0.15) is 34.8 Å². The third-order valence-corrected chi connectivity index (χ3v) is 4.21.